The number of para-hydroxylation sites is 1. The molecular weight excluding hydrogens is 396 g/mol. The van der Waals surface area contributed by atoms with Gasteiger partial charge in [0.25, 0.3) is 0 Å². The molecule has 0 amide bonds. The van der Waals surface area contributed by atoms with Crippen molar-refractivity contribution in [3.8, 4) is 11.8 Å². The van der Waals surface area contributed by atoms with Crippen molar-refractivity contribution in [2.45, 2.75) is 6.54 Å². The molecule has 146 valence electrons. The minimum atomic E-state index is -0.286. The van der Waals surface area contributed by atoms with Gasteiger partial charge in [0.05, 0.1) is 22.7 Å². The lowest BCUT2D eigenvalue weighted by Gasteiger charge is -2.09. The summed E-state index contributed by atoms with van der Waals surface area (Å²) in [7, 11) is 1.64. The van der Waals surface area contributed by atoms with Crippen LogP contribution in [0.25, 0.3) is 26.1 Å². The van der Waals surface area contributed by atoms with Gasteiger partial charge in [-0.2, -0.15) is 5.26 Å². The number of hydrogen-bond acceptors (Lipinski definition) is 6. The Morgan fingerprint density at radius 3 is 2.87 bits per heavy atom. The molecule has 0 atom stereocenters. The van der Waals surface area contributed by atoms with E-state index in [1.807, 2.05) is 52.9 Å². The van der Waals surface area contributed by atoms with E-state index in [1.54, 1.807) is 19.2 Å². The van der Waals surface area contributed by atoms with E-state index in [0.29, 0.717) is 28.2 Å². The van der Waals surface area contributed by atoms with Crippen molar-refractivity contribution in [2.75, 3.05) is 12.4 Å². The second-order valence-corrected chi connectivity index (χ2v) is 7.83. The van der Waals surface area contributed by atoms with E-state index < -0.39 is 0 Å². The molecule has 3 heterocycles. The number of pyridine rings is 2. The van der Waals surface area contributed by atoms with Gasteiger partial charge in [-0.15, -0.1) is 11.3 Å². The summed E-state index contributed by atoms with van der Waals surface area (Å²) in [5, 5.41) is 13.4. The van der Waals surface area contributed by atoms with Crippen LogP contribution in [0, 0.1) is 11.3 Å². The van der Waals surface area contributed by atoms with Crippen molar-refractivity contribution in [1.82, 2.24) is 9.38 Å². The quantitative estimate of drug-likeness (QED) is 0.468. The molecule has 0 spiro atoms. The Morgan fingerprint density at radius 2 is 2.03 bits per heavy atom. The molecule has 7 heteroatoms. The van der Waals surface area contributed by atoms with Crippen LogP contribution in [0.2, 0.25) is 0 Å². The highest BCUT2D eigenvalue weighted by Gasteiger charge is 2.17. The fourth-order valence-electron chi connectivity index (χ4n) is 3.56. The van der Waals surface area contributed by atoms with Gasteiger partial charge >= 0.3 is 0 Å². The number of benzene rings is 2. The van der Waals surface area contributed by atoms with Crippen molar-refractivity contribution in [3.63, 3.8) is 0 Å². The lowest BCUT2D eigenvalue weighted by molar-refractivity contribution is 0.414. The van der Waals surface area contributed by atoms with Crippen molar-refractivity contribution in [2.24, 2.45) is 0 Å². The molecule has 5 aromatic rings. The molecule has 0 aliphatic rings. The average molecular weight is 412 g/mol. The molecule has 0 bridgehead atoms. The number of ether oxygens (including phenoxy) is 1. The first kappa shape index (κ1) is 18.2. The van der Waals surface area contributed by atoms with Crippen LogP contribution in [0.15, 0.2) is 65.5 Å². The van der Waals surface area contributed by atoms with Crippen LogP contribution in [0.3, 0.4) is 0 Å². The minimum absolute atomic E-state index is 0.155. The lowest BCUT2D eigenvalue weighted by atomic mass is 10.2. The average Bonchev–Trinajstić information content (AvgIpc) is 3.17. The summed E-state index contributed by atoms with van der Waals surface area (Å²) in [6, 6.07) is 21.2. The molecule has 0 saturated carbocycles. The zero-order valence-corrected chi connectivity index (χ0v) is 16.9. The standard InChI is InChI=1S/C23H16N4O2S/c1-29-15-6-4-5-14(11-15)13-25-20-10-9-16-21(28)17(12-24)23-27(22(16)26-20)18-7-2-3-8-19(18)30-23/h2-11H,13H2,1H3,(H,25,26). The number of thiazole rings is 1. The van der Waals surface area contributed by atoms with Gasteiger partial charge in [0.15, 0.2) is 5.65 Å². The highest BCUT2D eigenvalue weighted by Crippen LogP contribution is 2.30. The molecule has 0 aliphatic heterocycles. The van der Waals surface area contributed by atoms with Gasteiger partial charge in [0, 0.05) is 6.54 Å². The third kappa shape index (κ3) is 2.86. The maximum absolute atomic E-state index is 12.9. The minimum Gasteiger partial charge on any atom is -0.497 e. The van der Waals surface area contributed by atoms with Gasteiger partial charge in [-0.05, 0) is 42.0 Å². The first-order chi connectivity index (χ1) is 14.7. The van der Waals surface area contributed by atoms with Crippen molar-refractivity contribution in [1.29, 1.82) is 5.26 Å². The molecule has 0 radical (unpaired) electrons. The molecule has 30 heavy (non-hydrogen) atoms. The predicted molar refractivity (Wildman–Crippen MR) is 119 cm³/mol. The highest BCUT2D eigenvalue weighted by atomic mass is 32.1. The molecule has 2 aromatic carbocycles. The zero-order valence-electron chi connectivity index (χ0n) is 16.0. The van der Waals surface area contributed by atoms with Gasteiger partial charge in [0.1, 0.15) is 28.0 Å². The Hall–Kier alpha value is -3.89. The smallest absolute Gasteiger partial charge is 0.210 e. The summed E-state index contributed by atoms with van der Waals surface area (Å²) in [4.78, 5) is 18.3. The molecule has 0 fully saturated rings. The van der Waals surface area contributed by atoms with E-state index in [2.05, 4.69) is 11.4 Å². The van der Waals surface area contributed by atoms with Crippen LogP contribution >= 0.6 is 11.3 Å². The Bertz CT molecular complexity index is 1530. The van der Waals surface area contributed by atoms with Crippen LogP contribution in [0.5, 0.6) is 5.75 Å². The maximum atomic E-state index is 12.9. The Morgan fingerprint density at radius 1 is 1.17 bits per heavy atom. The van der Waals surface area contributed by atoms with Crippen LogP contribution in [0.4, 0.5) is 5.82 Å². The highest BCUT2D eigenvalue weighted by molar-refractivity contribution is 7.24. The number of nitriles is 1. The van der Waals surface area contributed by atoms with Crippen molar-refractivity contribution < 1.29 is 4.74 Å². The van der Waals surface area contributed by atoms with Gasteiger partial charge in [-0.3, -0.25) is 9.20 Å². The first-order valence-corrected chi connectivity index (χ1v) is 10.1. The predicted octanol–water partition coefficient (Wildman–Crippen LogP) is 4.55. The summed E-state index contributed by atoms with van der Waals surface area (Å²) in [5.41, 5.74) is 2.39. The molecule has 1 N–H and O–H groups in total. The van der Waals surface area contributed by atoms with Crippen LogP contribution in [0.1, 0.15) is 11.1 Å². The number of fused-ring (bicyclic) bond motifs is 5. The maximum Gasteiger partial charge on any atom is 0.210 e. The van der Waals surface area contributed by atoms with E-state index >= 15 is 0 Å². The number of aromatic nitrogens is 2. The molecule has 3 aromatic heterocycles. The lowest BCUT2D eigenvalue weighted by Crippen LogP contribution is -2.12. The summed E-state index contributed by atoms with van der Waals surface area (Å²) in [6.07, 6.45) is 0. The monoisotopic (exact) mass is 412 g/mol. The van der Waals surface area contributed by atoms with Gasteiger partial charge in [0.2, 0.25) is 5.43 Å². The molecule has 6 nitrogen and oxygen atoms in total. The largest absolute Gasteiger partial charge is 0.497 e. The van der Waals surface area contributed by atoms with Gasteiger partial charge < -0.3 is 10.1 Å². The van der Waals surface area contributed by atoms with Crippen LogP contribution in [-0.2, 0) is 6.54 Å². The van der Waals surface area contributed by atoms with Gasteiger partial charge in [-0.1, -0.05) is 24.3 Å². The fraction of sp³-hybridized carbons (Fsp3) is 0.0870. The topological polar surface area (TPSA) is 79.4 Å². The van der Waals surface area contributed by atoms with E-state index in [9.17, 15) is 10.1 Å². The summed E-state index contributed by atoms with van der Waals surface area (Å²) >= 11 is 1.43. The van der Waals surface area contributed by atoms with E-state index in [1.165, 1.54) is 11.3 Å². The fourth-order valence-corrected chi connectivity index (χ4v) is 4.70. The van der Waals surface area contributed by atoms with Crippen molar-refractivity contribution >= 4 is 43.2 Å². The zero-order chi connectivity index (χ0) is 20.7. The van der Waals surface area contributed by atoms with Crippen LogP contribution in [-0.4, -0.2) is 16.5 Å². The van der Waals surface area contributed by atoms with E-state index in [4.69, 9.17) is 9.72 Å². The molecule has 0 saturated heterocycles. The van der Waals surface area contributed by atoms with Gasteiger partial charge in [-0.25, -0.2) is 4.98 Å². The Kier molecular flexibility index (Phi) is 4.34. The first-order valence-electron chi connectivity index (χ1n) is 9.33. The normalized spacial score (nSPS) is 11.1. The number of nitrogens with zero attached hydrogens (tertiary/aromatic N) is 3. The van der Waals surface area contributed by atoms with E-state index in [0.717, 1.165) is 21.5 Å². The summed E-state index contributed by atoms with van der Waals surface area (Å²) in [5.74, 6) is 1.45. The molecule has 5 rings (SSSR count). The van der Waals surface area contributed by atoms with Crippen molar-refractivity contribution in [3.05, 3.63) is 82.0 Å². The number of anilines is 1. The second kappa shape index (κ2) is 7.17. The van der Waals surface area contributed by atoms with Crippen LogP contribution < -0.4 is 15.5 Å². The summed E-state index contributed by atoms with van der Waals surface area (Å²) < 4.78 is 8.18. The third-order valence-electron chi connectivity index (χ3n) is 5.01. The SMILES string of the molecule is COc1cccc(CNc2ccc3c(=O)c(C#N)c4sc5ccccc5n4c3n2)c1. The molecule has 0 unspecified atom stereocenters. The number of hydrogen-bond donors (Lipinski definition) is 1. The third-order valence-corrected chi connectivity index (χ3v) is 6.15. The molecule has 0 aliphatic carbocycles. The number of methoxy groups -OCH3 is 1. The number of rotatable bonds is 4. The van der Waals surface area contributed by atoms with E-state index in [-0.39, 0.29) is 11.0 Å². The summed E-state index contributed by atoms with van der Waals surface area (Å²) in [6.45, 7) is 0.564. The number of nitrogens with one attached hydrogen (secondary N) is 1. The molecular formula is C23H16N4O2S. The Balaban J connectivity index is 1.67. The second-order valence-electron chi connectivity index (χ2n) is 6.80. The Labute approximate surface area is 175 Å².